The Morgan fingerprint density at radius 3 is 2.90 bits per heavy atom. The van der Waals surface area contributed by atoms with E-state index in [9.17, 15) is 4.39 Å². The van der Waals surface area contributed by atoms with Crippen LogP contribution in [0.3, 0.4) is 0 Å². The first-order valence-corrected chi connectivity index (χ1v) is 7.68. The van der Waals surface area contributed by atoms with E-state index in [1.165, 1.54) is 12.1 Å². The van der Waals surface area contributed by atoms with Crippen LogP contribution in [-0.4, -0.2) is 14.5 Å². The molecule has 0 aliphatic carbocycles. The van der Waals surface area contributed by atoms with Crippen molar-refractivity contribution in [3.05, 3.63) is 58.2 Å². The summed E-state index contributed by atoms with van der Waals surface area (Å²) in [6.07, 6.45) is 1.72. The van der Waals surface area contributed by atoms with Gasteiger partial charge in [-0.25, -0.2) is 14.4 Å². The van der Waals surface area contributed by atoms with Gasteiger partial charge in [0.1, 0.15) is 17.2 Å². The quantitative estimate of drug-likeness (QED) is 0.628. The fourth-order valence-electron chi connectivity index (χ4n) is 2.28. The van der Waals surface area contributed by atoms with Crippen LogP contribution in [-0.2, 0) is 6.54 Å². The second kappa shape index (κ2) is 5.73. The lowest BCUT2D eigenvalue weighted by Crippen LogP contribution is -2.06. The summed E-state index contributed by atoms with van der Waals surface area (Å²) in [4.78, 5) is 8.94. The summed E-state index contributed by atoms with van der Waals surface area (Å²) < 4.78 is 16.1. The third kappa shape index (κ3) is 2.94. The topological polar surface area (TPSA) is 30.7 Å². The van der Waals surface area contributed by atoms with Crippen LogP contribution in [0.15, 0.2) is 41.0 Å². The highest BCUT2D eigenvalue weighted by Crippen LogP contribution is 2.26. The van der Waals surface area contributed by atoms with E-state index in [0.29, 0.717) is 6.54 Å². The lowest BCUT2D eigenvalue weighted by atomic mass is 10.2. The Kier molecular flexibility index (Phi) is 3.95. The molecule has 2 heterocycles. The van der Waals surface area contributed by atoms with Crippen molar-refractivity contribution in [1.82, 2.24) is 14.5 Å². The molecule has 0 bridgehead atoms. The van der Waals surface area contributed by atoms with Gasteiger partial charge in [0.2, 0.25) is 0 Å². The Morgan fingerprint density at radius 1 is 1.38 bits per heavy atom. The monoisotopic (exact) mass is 367 g/mol. The summed E-state index contributed by atoms with van der Waals surface area (Å²) in [5.41, 5.74) is 2.35. The molecular formula is C15H12BrClFN3. The minimum absolute atomic E-state index is 0.256. The summed E-state index contributed by atoms with van der Waals surface area (Å²) in [5, 5.41) is -0.258. The molecule has 0 fully saturated rings. The number of aromatic nitrogens is 3. The second-order valence-electron chi connectivity index (χ2n) is 4.80. The predicted molar refractivity (Wildman–Crippen MR) is 85.0 cm³/mol. The molecule has 0 aliphatic rings. The van der Waals surface area contributed by atoms with E-state index in [0.717, 1.165) is 27.0 Å². The molecule has 0 saturated heterocycles. The normalized spacial score (nSPS) is 12.8. The summed E-state index contributed by atoms with van der Waals surface area (Å²) in [6.45, 7) is 2.34. The van der Waals surface area contributed by atoms with E-state index in [2.05, 4.69) is 25.9 Å². The van der Waals surface area contributed by atoms with E-state index in [-0.39, 0.29) is 11.2 Å². The van der Waals surface area contributed by atoms with Gasteiger partial charge in [0, 0.05) is 10.7 Å². The highest BCUT2D eigenvalue weighted by atomic mass is 79.9. The number of hydrogen-bond acceptors (Lipinski definition) is 2. The van der Waals surface area contributed by atoms with E-state index >= 15 is 0 Å². The molecule has 6 heteroatoms. The van der Waals surface area contributed by atoms with Crippen LogP contribution in [0.5, 0.6) is 0 Å². The molecule has 0 N–H and O–H groups in total. The summed E-state index contributed by atoms with van der Waals surface area (Å²) in [6, 6.07) is 8.39. The smallest absolute Gasteiger partial charge is 0.160 e. The molecule has 0 amide bonds. The lowest BCUT2D eigenvalue weighted by Gasteiger charge is -2.10. The molecule has 2 aromatic heterocycles. The summed E-state index contributed by atoms with van der Waals surface area (Å²) in [5.74, 6) is 0.467. The Bertz CT molecular complexity index is 801. The molecule has 108 valence electrons. The van der Waals surface area contributed by atoms with E-state index in [1.54, 1.807) is 12.3 Å². The zero-order valence-corrected chi connectivity index (χ0v) is 13.6. The number of pyridine rings is 1. The first-order valence-electron chi connectivity index (χ1n) is 6.45. The number of hydrogen-bond donors (Lipinski definition) is 0. The zero-order chi connectivity index (χ0) is 15.0. The zero-order valence-electron chi connectivity index (χ0n) is 11.2. The summed E-state index contributed by atoms with van der Waals surface area (Å²) in [7, 11) is 0. The van der Waals surface area contributed by atoms with Gasteiger partial charge < -0.3 is 4.57 Å². The SMILES string of the molecule is CC(Cl)c1nc2cc(Br)cnc2n1Cc1cccc(F)c1. The molecule has 3 rings (SSSR count). The molecule has 0 spiro atoms. The lowest BCUT2D eigenvalue weighted by molar-refractivity contribution is 0.622. The number of nitrogens with zero attached hydrogens (tertiary/aromatic N) is 3. The van der Waals surface area contributed by atoms with Crippen LogP contribution in [0.1, 0.15) is 23.7 Å². The molecule has 1 unspecified atom stereocenters. The van der Waals surface area contributed by atoms with Crippen molar-refractivity contribution in [2.45, 2.75) is 18.8 Å². The number of rotatable bonds is 3. The third-order valence-corrected chi connectivity index (χ3v) is 3.80. The van der Waals surface area contributed by atoms with Gasteiger partial charge in [-0.15, -0.1) is 11.6 Å². The van der Waals surface area contributed by atoms with Gasteiger partial charge in [-0.3, -0.25) is 0 Å². The number of imidazole rings is 1. The predicted octanol–water partition coefficient (Wildman–Crippen LogP) is 4.68. The van der Waals surface area contributed by atoms with Gasteiger partial charge >= 0.3 is 0 Å². The van der Waals surface area contributed by atoms with Crippen molar-refractivity contribution in [2.24, 2.45) is 0 Å². The maximum atomic E-state index is 13.3. The highest BCUT2D eigenvalue weighted by Gasteiger charge is 2.16. The van der Waals surface area contributed by atoms with Crippen molar-refractivity contribution in [2.75, 3.05) is 0 Å². The molecule has 1 aromatic carbocycles. The van der Waals surface area contributed by atoms with E-state index in [4.69, 9.17) is 11.6 Å². The Labute approximate surface area is 134 Å². The molecule has 0 saturated carbocycles. The van der Waals surface area contributed by atoms with Crippen molar-refractivity contribution in [3.63, 3.8) is 0 Å². The largest absolute Gasteiger partial charge is 0.307 e. The van der Waals surface area contributed by atoms with Gasteiger partial charge in [-0.1, -0.05) is 12.1 Å². The number of alkyl halides is 1. The van der Waals surface area contributed by atoms with Crippen LogP contribution in [0, 0.1) is 5.82 Å². The van der Waals surface area contributed by atoms with Crippen LogP contribution >= 0.6 is 27.5 Å². The number of halogens is 3. The summed E-state index contributed by atoms with van der Waals surface area (Å²) >= 11 is 9.61. The average molecular weight is 369 g/mol. The van der Waals surface area contributed by atoms with E-state index < -0.39 is 0 Å². The molecule has 0 aliphatic heterocycles. The van der Waals surface area contributed by atoms with Crippen molar-refractivity contribution in [1.29, 1.82) is 0 Å². The van der Waals surface area contributed by atoms with Gasteiger partial charge in [0.05, 0.1) is 11.9 Å². The maximum absolute atomic E-state index is 13.3. The maximum Gasteiger partial charge on any atom is 0.160 e. The van der Waals surface area contributed by atoms with Gasteiger partial charge in [0.15, 0.2) is 5.65 Å². The fraction of sp³-hybridized carbons (Fsp3) is 0.200. The molecule has 0 radical (unpaired) electrons. The molecule has 1 atom stereocenters. The Hall–Kier alpha value is -1.46. The molecule has 21 heavy (non-hydrogen) atoms. The van der Waals surface area contributed by atoms with Crippen molar-refractivity contribution < 1.29 is 4.39 Å². The second-order valence-corrected chi connectivity index (χ2v) is 6.37. The minimum Gasteiger partial charge on any atom is -0.307 e. The molecule has 3 aromatic rings. The highest BCUT2D eigenvalue weighted by molar-refractivity contribution is 9.10. The van der Waals surface area contributed by atoms with Crippen molar-refractivity contribution in [3.8, 4) is 0 Å². The third-order valence-electron chi connectivity index (χ3n) is 3.17. The van der Waals surface area contributed by atoms with Crippen LogP contribution < -0.4 is 0 Å². The Balaban J connectivity index is 2.13. The van der Waals surface area contributed by atoms with Crippen LogP contribution in [0.4, 0.5) is 4.39 Å². The number of benzene rings is 1. The van der Waals surface area contributed by atoms with Crippen molar-refractivity contribution >= 4 is 38.7 Å². The minimum atomic E-state index is -0.258. The average Bonchev–Trinajstić information content (AvgIpc) is 2.77. The van der Waals surface area contributed by atoms with Crippen LogP contribution in [0.2, 0.25) is 0 Å². The number of fused-ring (bicyclic) bond motifs is 1. The standard InChI is InChI=1S/C15H12BrClFN3/c1-9(17)14-20-13-6-11(16)7-19-15(13)21(14)8-10-3-2-4-12(18)5-10/h2-7,9H,8H2,1H3. The first kappa shape index (κ1) is 14.5. The fourth-order valence-corrected chi connectivity index (χ4v) is 2.77. The molecular weight excluding hydrogens is 357 g/mol. The van der Waals surface area contributed by atoms with Crippen LogP contribution in [0.25, 0.3) is 11.2 Å². The first-order chi connectivity index (χ1) is 10.0. The van der Waals surface area contributed by atoms with Gasteiger partial charge in [0.25, 0.3) is 0 Å². The van der Waals surface area contributed by atoms with Gasteiger partial charge in [-0.05, 0) is 46.6 Å². The Morgan fingerprint density at radius 2 is 2.19 bits per heavy atom. The van der Waals surface area contributed by atoms with Gasteiger partial charge in [-0.2, -0.15) is 0 Å². The van der Waals surface area contributed by atoms with E-state index in [1.807, 2.05) is 23.6 Å². The molecule has 3 nitrogen and oxygen atoms in total.